The molecule has 0 atom stereocenters. The molecule has 0 spiro atoms. The molecule has 6 heteroatoms. The molecule has 0 aliphatic rings. The van der Waals surface area contributed by atoms with Gasteiger partial charge in [0.2, 0.25) is 11.9 Å². The molecule has 1 amide bonds. The largest absolute Gasteiger partial charge is 0.340 e. The van der Waals surface area contributed by atoms with Crippen LogP contribution in [0.3, 0.4) is 0 Å². The molecule has 0 bridgehead atoms. The second kappa shape index (κ2) is 7.98. The van der Waals surface area contributed by atoms with Gasteiger partial charge in [0.1, 0.15) is 5.82 Å². The maximum Gasteiger partial charge on any atom is 0.229 e. The van der Waals surface area contributed by atoms with Gasteiger partial charge in [0, 0.05) is 29.4 Å². The minimum absolute atomic E-state index is 0.101. The highest BCUT2D eigenvalue weighted by Gasteiger charge is 2.08. The average molecular weight is 383 g/mol. The van der Waals surface area contributed by atoms with E-state index in [1.165, 1.54) is 12.5 Å². The van der Waals surface area contributed by atoms with Gasteiger partial charge in [0.25, 0.3) is 0 Å². The molecular weight excluding hydrogens is 362 g/mol. The summed E-state index contributed by atoms with van der Waals surface area (Å²) in [5.41, 5.74) is 4.58. The molecule has 6 nitrogen and oxygen atoms in total. The second-order valence-corrected chi connectivity index (χ2v) is 6.79. The van der Waals surface area contributed by atoms with Crippen LogP contribution < -0.4 is 16.0 Å². The van der Waals surface area contributed by atoms with E-state index in [4.69, 9.17) is 0 Å². The molecule has 0 fully saturated rings. The fourth-order valence-corrected chi connectivity index (χ4v) is 2.97. The van der Waals surface area contributed by atoms with Crippen LogP contribution in [-0.4, -0.2) is 15.9 Å². The summed E-state index contributed by atoms with van der Waals surface area (Å²) >= 11 is 0. The molecule has 0 saturated heterocycles. The van der Waals surface area contributed by atoms with Crippen molar-refractivity contribution >= 4 is 45.6 Å². The molecule has 0 aliphatic heterocycles. The molecule has 3 N–H and O–H groups in total. The van der Waals surface area contributed by atoms with E-state index in [9.17, 15) is 4.79 Å². The van der Waals surface area contributed by atoms with E-state index in [2.05, 4.69) is 45.0 Å². The standard InChI is InChI=1S/C23H21N5O/c1-15-7-9-18(10-8-15)25-22-20-5-3-4-6-21(20)27-23(28-22)26-19-13-11-17(12-14-19)24-16(2)29/h3-14H,1-2H3,(H,24,29)(H2,25,26,27,28). The summed E-state index contributed by atoms with van der Waals surface area (Å²) < 4.78 is 0. The number of anilines is 5. The summed E-state index contributed by atoms with van der Waals surface area (Å²) in [4.78, 5) is 20.5. The summed E-state index contributed by atoms with van der Waals surface area (Å²) in [5.74, 6) is 1.12. The van der Waals surface area contributed by atoms with Gasteiger partial charge in [-0.1, -0.05) is 29.8 Å². The number of para-hydroxylation sites is 1. The van der Waals surface area contributed by atoms with Crippen LogP contribution in [0.1, 0.15) is 12.5 Å². The Bertz CT molecular complexity index is 1150. The van der Waals surface area contributed by atoms with Crippen molar-refractivity contribution in [3.8, 4) is 0 Å². The van der Waals surface area contributed by atoms with Crippen LogP contribution in [0.4, 0.5) is 28.8 Å². The third-order valence-corrected chi connectivity index (χ3v) is 4.38. The van der Waals surface area contributed by atoms with Crippen LogP contribution in [0, 0.1) is 6.92 Å². The molecule has 0 aliphatic carbocycles. The van der Waals surface area contributed by atoms with Crippen molar-refractivity contribution in [2.75, 3.05) is 16.0 Å². The normalized spacial score (nSPS) is 10.6. The van der Waals surface area contributed by atoms with Gasteiger partial charge < -0.3 is 16.0 Å². The maximum absolute atomic E-state index is 11.2. The summed E-state index contributed by atoms with van der Waals surface area (Å²) in [6.07, 6.45) is 0. The minimum Gasteiger partial charge on any atom is -0.340 e. The summed E-state index contributed by atoms with van der Waals surface area (Å²) in [6, 6.07) is 23.5. The Kier molecular flexibility index (Phi) is 5.07. The number of amides is 1. The Balaban J connectivity index is 1.64. The van der Waals surface area contributed by atoms with Crippen molar-refractivity contribution in [2.45, 2.75) is 13.8 Å². The van der Waals surface area contributed by atoms with E-state index in [-0.39, 0.29) is 5.91 Å². The van der Waals surface area contributed by atoms with Crippen LogP contribution in [0.2, 0.25) is 0 Å². The Labute approximate surface area is 169 Å². The van der Waals surface area contributed by atoms with E-state index >= 15 is 0 Å². The lowest BCUT2D eigenvalue weighted by molar-refractivity contribution is -0.114. The van der Waals surface area contributed by atoms with E-state index in [0.29, 0.717) is 5.95 Å². The van der Waals surface area contributed by atoms with Gasteiger partial charge in [0.15, 0.2) is 0 Å². The Morgan fingerprint density at radius 2 is 1.38 bits per heavy atom. The zero-order valence-corrected chi connectivity index (χ0v) is 16.2. The number of rotatable bonds is 5. The molecule has 0 unspecified atom stereocenters. The van der Waals surface area contributed by atoms with E-state index in [1.807, 2.05) is 60.7 Å². The van der Waals surface area contributed by atoms with Crippen molar-refractivity contribution in [1.82, 2.24) is 9.97 Å². The Morgan fingerprint density at radius 3 is 2.10 bits per heavy atom. The number of carbonyl (C=O) groups is 1. The van der Waals surface area contributed by atoms with Gasteiger partial charge in [-0.05, 0) is 55.5 Å². The van der Waals surface area contributed by atoms with Crippen molar-refractivity contribution < 1.29 is 4.79 Å². The molecule has 1 aromatic heterocycles. The first-order chi connectivity index (χ1) is 14.1. The van der Waals surface area contributed by atoms with Crippen molar-refractivity contribution in [3.05, 3.63) is 78.4 Å². The Hall–Kier alpha value is -3.93. The predicted octanol–water partition coefficient (Wildman–Crippen LogP) is 5.38. The fourth-order valence-electron chi connectivity index (χ4n) is 2.97. The number of carbonyl (C=O) groups excluding carboxylic acids is 1. The molecular formula is C23H21N5O. The van der Waals surface area contributed by atoms with Crippen molar-refractivity contribution in [1.29, 1.82) is 0 Å². The zero-order chi connectivity index (χ0) is 20.2. The lowest BCUT2D eigenvalue weighted by Crippen LogP contribution is -2.05. The van der Waals surface area contributed by atoms with Gasteiger partial charge >= 0.3 is 0 Å². The number of hydrogen-bond acceptors (Lipinski definition) is 5. The smallest absolute Gasteiger partial charge is 0.229 e. The van der Waals surface area contributed by atoms with Crippen LogP contribution in [0.25, 0.3) is 10.9 Å². The van der Waals surface area contributed by atoms with Crippen molar-refractivity contribution in [3.63, 3.8) is 0 Å². The second-order valence-electron chi connectivity index (χ2n) is 6.79. The first kappa shape index (κ1) is 18.4. The number of nitrogens with zero attached hydrogens (tertiary/aromatic N) is 2. The number of benzene rings is 3. The molecule has 0 radical (unpaired) electrons. The number of hydrogen-bond donors (Lipinski definition) is 3. The highest BCUT2D eigenvalue weighted by molar-refractivity contribution is 5.92. The van der Waals surface area contributed by atoms with E-state index in [0.717, 1.165) is 33.8 Å². The first-order valence-corrected chi connectivity index (χ1v) is 9.32. The van der Waals surface area contributed by atoms with Crippen LogP contribution in [0.15, 0.2) is 72.8 Å². The maximum atomic E-state index is 11.2. The lowest BCUT2D eigenvalue weighted by atomic mass is 10.2. The lowest BCUT2D eigenvalue weighted by Gasteiger charge is -2.12. The van der Waals surface area contributed by atoms with Gasteiger partial charge in [-0.25, -0.2) is 4.98 Å². The van der Waals surface area contributed by atoms with Gasteiger partial charge in [0.05, 0.1) is 5.52 Å². The number of nitrogens with one attached hydrogen (secondary N) is 3. The van der Waals surface area contributed by atoms with E-state index < -0.39 is 0 Å². The van der Waals surface area contributed by atoms with Crippen LogP contribution >= 0.6 is 0 Å². The predicted molar refractivity (Wildman–Crippen MR) is 118 cm³/mol. The van der Waals surface area contributed by atoms with E-state index in [1.54, 1.807) is 0 Å². The first-order valence-electron chi connectivity index (χ1n) is 9.32. The molecule has 4 rings (SSSR count). The zero-order valence-electron chi connectivity index (χ0n) is 16.2. The molecule has 4 aromatic rings. The third-order valence-electron chi connectivity index (χ3n) is 4.38. The fraction of sp³-hybridized carbons (Fsp3) is 0.0870. The summed E-state index contributed by atoms with van der Waals surface area (Å²) in [5, 5.41) is 10.3. The van der Waals surface area contributed by atoms with Crippen LogP contribution in [0.5, 0.6) is 0 Å². The van der Waals surface area contributed by atoms with Gasteiger partial charge in [-0.3, -0.25) is 4.79 Å². The highest BCUT2D eigenvalue weighted by atomic mass is 16.1. The van der Waals surface area contributed by atoms with Gasteiger partial charge in [-0.2, -0.15) is 4.98 Å². The number of fused-ring (bicyclic) bond motifs is 1. The molecule has 144 valence electrons. The monoisotopic (exact) mass is 383 g/mol. The molecule has 3 aromatic carbocycles. The topological polar surface area (TPSA) is 78.9 Å². The van der Waals surface area contributed by atoms with Crippen LogP contribution in [-0.2, 0) is 4.79 Å². The third kappa shape index (κ3) is 4.50. The van der Waals surface area contributed by atoms with Gasteiger partial charge in [-0.15, -0.1) is 0 Å². The quantitative estimate of drug-likeness (QED) is 0.431. The number of aryl methyl sites for hydroxylation is 1. The number of aromatic nitrogens is 2. The summed E-state index contributed by atoms with van der Waals surface area (Å²) in [7, 11) is 0. The van der Waals surface area contributed by atoms with Crippen molar-refractivity contribution in [2.24, 2.45) is 0 Å². The molecule has 1 heterocycles. The molecule has 0 saturated carbocycles. The Morgan fingerprint density at radius 1 is 0.759 bits per heavy atom. The summed E-state index contributed by atoms with van der Waals surface area (Å²) in [6.45, 7) is 3.54. The highest BCUT2D eigenvalue weighted by Crippen LogP contribution is 2.26. The molecule has 29 heavy (non-hydrogen) atoms. The minimum atomic E-state index is -0.101. The SMILES string of the molecule is CC(=O)Nc1ccc(Nc2nc(Nc3ccc(C)cc3)c3ccccc3n2)cc1. The average Bonchev–Trinajstić information content (AvgIpc) is 2.71.